The number of hydrogen-bond donors (Lipinski definition) is 1. The summed E-state index contributed by atoms with van der Waals surface area (Å²) in [5.41, 5.74) is 2.60. The maximum absolute atomic E-state index is 11.8. The van der Waals surface area contributed by atoms with E-state index in [4.69, 9.17) is 11.6 Å². The van der Waals surface area contributed by atoms with E-state index in [2.05, 4.69) is 0 Å². The molecular formula is C14H18ClNO2. The van der Waals surface area contributed by atoms with Gasteiger partial charge in [0.15, 0.2) is 0 Å². The number of phenolic OH excluding ortho intramolecular Hbond substituents is 1. The Labute approximate surface area is 112 Å². The predicted molar refractivity (Wildman–Crippen MR) is 73.5 cm³/mol. The minimum Gasteiger partial charge on any atom is -0.508 e. The van der Waals surface area contributed by atoms with Gasteiger partial charge >= 0.3 is 0 Å². The molecule has 1 amide bonds. The van der Waals surface area contributed by atoms with E-state index in [1.54, 1.807) is 11.0 Å². The second-order valence-corrected chi connectivity index (χ2v) is 5.67. The number of anilines is 1. The van der Waals surface area contributed by atoms with E-state index in [1.165, 1.54) is 0 Å². The lowest BCUT2D eigenvalue weighted by Crippen LogP contribution is -2.61. The molecule has 0 aromatic heterocycles. The zero-order chi connectivity index (χ0) is 13.6. The first-order valence-corrected chi connectivity index (χ1v) is 6.59. The number of benzene rings is 1. The van der Waals surface area contributed by atoms with Gasteiger partial charge in [0.25, 0.3) is 0 Å². The van der Waals surface area contributed by atoms with Crippen LogP contribution in [0.5, 0.6) is 5.75 Å². The number of alkyl halides is 1. The molecule has 18 heavy (non-hydrogen) atoms. The van der Waals surface area contributed by atoms with Gasteiger partial charge in [-0.3, -0.25) is 4.79 Å². The number of aryl methyl sites for hydroxylation is 1. The molecule has 0 spiro atoms. The Hall–Kier alpha value is -1.22. The summed E-state index contributed by atoms with van der Waals surface area (Å²) in [6, 6.07) is 3.61. The highest BCUT2D eigenvalue weighted by Crippen LogP contribution is 2.38. The number of hydrogen-bond acceptors (Lipinski definition) is 2. The molecule has 4 heteroatoms. The van der Waals surface area contributed by atoms with Crippen molar-refractivity contribution >= 4 is 23.2 Å². The van der Waals surface area contributed by atoms with Crippen molar-refractivity contribution in [2.75, 3.05) is 4.90 Å². The normalized spacial score (nSPS) is 23.4. The smallest absolute Gasteiger partial charge is 0.247 e. The molecule has 0 radical (unpaired) electrons. The molecule has 1 aliphatic rings. The molecule has 1 saturated heterocycles. The van der Waals surface area contributed by atoms with Gasteiger partial charge in [-0.2, -0.15) is 0 Å². The first-order valence-electron chi connectivity index (χ1n) is 6.15. The highest BCUT2D eigenvalue weighted by molar-refractivity contribution is 6.37. The van der Waals surface area contributed by atoms with Gasteiger partial charge in [-0.25, -0.2) is 0 Å². The standard InChI is InChI=1S/C14H18ClNO2/c1-7(2)10-6-11(8(3)5-12(10)17)16-9(4)13(15)14(16)18/h5-7,9,13,17H,1-4H3. The summed E-state index contributed by atoms with van der Waals surface area (Å²) in [5.74, 6) is 0.435. The first-order chi connectivity index (χ1) is 8.34. The van der Waals surface area contributed by atoms with Crippen LogP contribution in [0.25, 0.3) is 0 Å². The Balaban J connectivity index is 2.46. The lowest BCUT2D eigenvalue weighted by Gasteiger charge is -2.43. The number of β-lactam (4-membered cyclic amide) rings is 1. The quantitative estimate of drug-likeness (QED) is 0.660. The number of nitrogens with zero attached hydrogens (tertiary/aromatic N) is 1. The lowest BCUT2D eigenvalue weighted by molar-refractivity contribution is -0.123. The van der Waals surface area contributed by atoms with Crippen LogP contribution in [0, 0.1) is 6.92 Å². The van der Waals surface area contributed by atoms with Crippen molar-refractivity contribution < 1.29 is 9.90 Å². The van der Waals surface area contributed by atoms with E-state index in [1.807, 2.05) is 33.8 Å². The Kier molecular flexibility index (Phi) is 3.28. The summed E-state index contributed by atoms with van der Waals surface area (Å²) in [5, 5.41) is 9.48. The minimum atomic E-state index is -0.430. The van der Waals surface area contributed by atoms with Gasteiger partial charge in [0.1, 0.15) is 11.1 Å². The maximum atomic E-state index is 11.8. The molecule has 98 valence electrons. The van der Waals surface area contributed by atoms with Crippen LogP contribution in [0.3, 0.4) is 0 Å². The van der Waals surface area contributed by atoms with Crippen LogP contribution in [-0.4, -0.2) is 22.4 Å². The van der Waals surface area contributed by atoms with Gasteiger partial charge in [-0.05, 0) is 43.0 Å². The van der Waals surface area contributed by atoms with Gasteiger partial charge in [0.2, 0.25) is 5.91 Å². The Bertz CT molecular complexity index is 499. The van der Waals surface area contributed by atoms with Crippen LogP contribution in [-0.2, 0) is 4.79 Å². The van der Waals surface area contributed by atoms with Crippen molar-refractivity contribution in [2.24, 2.45) is 0 Å². The summed E-state index contributed by atoms with van der Waals surface area (Å²) < 4.78 is 0. The van der Waals surface area contributed by atoms with Gasteiger partial charge in [-0.15, -0.1) is 11.6 Å². The third-order valence-electron chi connectivity index (χ3n) is 3.53. The van der Waals surface area contributed by atoms with Crippen molar-refractivity contribution in [1.82, 2.24) is 0 Å². The molecule has 2 rings (SSSR count). The van der Waals surface area contributed by atoms with Crippen molar-refractivity contribution in [3.8, 4) is 5.75 Å². The SMILES string of the molecule is Cc1cc(O)c(C(C)C)cc1N1C(=O)C(Cl)C1C. The largest absolute Gasteiger partial charge is 0.508 e. The zero-order valence-electron chi connectivity index (χ0n) is 11.1. The Morgan fingerprint density at radius 1 is 1.39 bits per heavy atom. The van der Waals surface area contributed by atoms with Crippen molar-refractivity contribution in [2.45, 2.75) is 45.0 Å². The van der Waals surface area contributed by atoms with Crippen LogP contribution < -0.4 is 4.90 Å². The average molecular weight is 268 g/mol. The third kappa shape index (κ3) is 1.87. The van der Waals surface area contributed by atoms with Crippen LogP contribution in [0.1, 0.15) is 37.8 Å². The van der Waals surface area contributed by atoms with E-state index in [-0.39, 0.29) is 23.6 Å². The maximum Gasteiger partial charge on any atom is 0.247 e. The van der Waals surface area contributed by atoms with E-state index < -0.39 is 5.38 Å². The molecule has 3 nitrogen and oxygen atoms in total. The molecule has 2 atom stereocenters. The van der Waals surface area contributed by atoms with Crippen LogP contribution in [0.15, 0.2) is 12.1 Å². The fraction of sp³-hybridized carbons (Fsp3) is 0.500. The molecule has 1 N–H and O–H groups in total. The van der Waals surface area contributed by atoms with Crippen LogP contribution >= 0.6 is 11.6 Å². The van der Waals surface area contributed by atoms with E-state index in [9.17, 15) is 9.90 Å². The molecule has 0 saturated carbocycles. The van der Waals surface area contributed by atoms with Crippen molar-refractivity contribution in [1.29, 1.82) is 0 Å². The summed E-state index contributed by atoms with van der Waals surface area (Å²) in [6.45, 7) is 7.85. The van der Waals surface area contributed by atoms with Crippen molar-refractivity contribution in [3.63, 3.8) is 0 Å². The van der Waals surface area contributed by atoms with Crippen molar-refractivity contribution in [3.05, 3.63) is 23.3 Å². The number of aromatic hydroxyl groups is 1. The van der Waals surface area contributed by atoms with Gasteiger partial charge < -0.3 is 10.0 Å². The van der Waals surface area contributed by atoms with Crippen LogP contribution in [0.4, 0.5) is 5.69 Å². The molecule has 1 aromatic rings. The van der Waals surface area contributed by atoms with Gasteiger partial charge in [0.05, 0.1) is 6.04 Å². The number of rotatable bonds is 2. The number of carbonyl (C=O) groups is 1. The fourth-order valence-electron chi connectivity index (χ4n) is 2.35. The zero-order valence-corrected chi connectivity index (χ0v) is 11.8. The Morgan fingerprint density at radius 2 is 2.00 bits per heavy atom. The summed E-state index contributed by atoms with van der Waals surface area (Å²) >= 11 is 5.94. The molecule has 1 aliphatic heterocycles. The van der Waals surface area contributed by atoms with E-state index >= 15 is 0 Å². The number of amides is 1. The number of carbonyl (C=O) groups excluding carboxylic acids is 1. The highest BCUT2D eigenvalue weighted by atomic mass is 35.5. The van der Waals surface area contributed by atoms with E-state index in [0.29, 0.717) is 0 Å². The molecular weight excluding hydrogens is 250 g/mol. The summed E-state index contributed by atoms with van der Waals surface area (Å²) in [7, 11) is 0. The minimum absolute atomic E-state index is 0.00224. The number of phenols is 1. The monoisotopic (exact) mass is 267 g/mol. The molecule has 1 aromatic carbocycles. The molecule has 1 fully saturated rings. The van der Waals surface area contributed by atoms with Gasteiger partial charge in [0, 0.05) is 5.69 Å². The second-order valence-electron chi connectivity index (χ2n) is 5.20. The Morgan fingerprint density at radius 3 is 2.50 bits per heavy atom. The van der Waals surface area contributed by atoms with Gasteiger partial charge in [-0.1, -0.05) is 13.8 Å². The third-order valence-corrected chi connectivity index (χ3v) is 4.08. The summed E-state index contributed by atoms with van der Waals surface area (Å²) in [6.07, 6.45) is 0. The average Bonchev–Trinajstić information content (AvgIpc) is 2.31. The summed E-state index contributed by atoms with van der Waals surface area (Å²) in [4.78, 5) is 13.5. The second kappa shape index (κ2) is 4.47. The van der Waals surface area contributed by atoms with E-state index in [0.717, 1.165) is 16.8 Å². The predicted octanol–water partition coefficient (Wildman–Crippen LogP) is 3.17. The molecule has 0 bridgehead atoms. The van der Waals surface area contributed by atoms with Crippen LogP contribution in [0.2, 0.25) is 0 Å². The topological polar surface area (TPSA) is 40.5 Å². The highest BCUT2D eigenvalue weighted by Gasteiger charge is 2.44. The molecule has 2 unspecified atom stereocenters. The lowest BCUT2D eigenvalue weighted by atomic mass is 9.95. The first kappa shape index (κ1) is 13.2. The number of halogens is 1. The molecule has 0 aliphatic carbocycles. The fourth-order valence-corrected chi connectivity index (χ4v) is 2.56. The molecule has 1 heterocycles.